The zero-order chi connectivity index (χ0) is 16.3. The maximum Gasteiger partial charge on any atom is 0.222 e. The molecule has 0 spiro atoms. The summed E-state index contributed by atoms with van der Waals surface area (Å²) in [7, 11) is -3.27. The smallest absolute Gasteiger partial charge is 0.222 e. The number of rotatable bonds is 4. The fraction of sp³-hybridized carbons (Fsp3) is 0.562. The first-order chi connectivity index (χ1) is 10.3. The Labute approximate surface area is 132 Å². The van der Waals surface area contributed by atoms with Gasteiger partial charge in [0.2, 0.25) is 5.91 Å². The van der Waals surface area contributed by atoms with E-state index >= 15 is 0 Å². The number of para-hydroxylation sites is 1. The number of nitrogens with one attached hydrogen (secondary N) is 1. The highest BCUT2D eigenvalue weighted by Crippen LogP contribution is 2.27. The Bertz CT molecular complexity index is 641. The van der Waals surface area contributed by atoms with Gasteiger partial charge in [-0.25, -0.2) is 8.42 Å². The standard InChI is InChI=1S/C16H24N2O3S/c1-12(2)16(19)17-13-7-6-10-18(11-13)14-8-4-5-9-15(14)22(3,20)21/h4-5,8-9,12-13H,6-7,10-11H2,1-3H3,(H,17,19)/t13-/m0/s1. The number of carbonyl (C=O) groups is 1. The molecule has 0 aliphatic carbocycles. The zero-order valence-corrected chi connectivity index (χ0v) is 14.2. The molecule has 0 radical (unpaired) electrons. The van der Waals surface area contributed by atoms with Crippen LogP contribution in [0.2, 0.25) is 0 Å². The molecule has 1 heterocycles. The monoisotopic (exact) mass is 324 g/mol. The summed E-state index contributed by atoms with van der Waals surface area (Å²) in [6.07, 6.45) is 3.09. The third kappa shape index (κ3) is 4.00. The molecule has 1 N–H and O–H groups in total. The Balaban J connectivity index is 2.18. The van der Waals surface area contributed by atoms with Crippen molar-refractivity contribution in [2.75, 3.05) is 24.2 Å². The molecule has 122 valence electrons. The van der Waals surface area contributed by atoms with Crippen LogP contribution in [-0.2, 0) is 14.6 Å². The largest absolute Gasteiger partial charge is 0.368 e. The van der Waals surface area contributed by atoms with Crippen molar-refractivity contribution in [3.8, 4) is 0 Å². The summed E-state index contributed by atoms with van der Waals surface area (Å²) < 4.78 is 23.9. The summed E-state index contributed by atoms with van der Waals surface area (Å²) >= 11 is 0. The van der Waals surface area contributed by atoms with E-state index in [0.29, 0.717) is 11.4 Å². The van der Waals surface area contributed by atoms with Crippen LogP contribution in [-0.4, -0.2) is 39.7 Å². The van der Waals surface area contributed by atoms with Crippen molar-refractivity contribution in [2.45, 2.75) is 37.6 Å². The van der Waals surface area contributed by atoms with Crippen LogP contribution in [0, 0.1) is 5.92 Å². The van der Waals surface area contributed by atoms with Crippen LogP contribution < -0.4 is 10.2 Å². The van der Waals surface area contributed by atoms with E-state index in [1.807, 2.05) is 26.0 Å². The van der Waals surface area contributed by atoms with E-state index in [1.54, 1.807) is 12.1 Å². The molecule has 1 atom stereocenters. The van der Waals surface area contributed by atoms with Gasteiger partial charge in [0.05, 0.1) is 10.6 Å². The van der Waals surface area contributed by atoms with E-state index < -0.39 is 9.84 Å². The Morgan fingerprint density at radius 3 is 2.64 bits per heavy atom. The Morgan fingerprint density at radius 1 is 1.32 bits per heavy atom. The number of piperidine rings is 1. The van der Waals surface area contributed by atoms with Crippen molar-refractivity contribution < 1.29 is 13.2 Å². The minimum Gasteiger partial charge on any atom is -0.368 e. The van der Waals surface area contributed by atoms with E-state index in [0.717, 1.165) is 25.1 Å². The molecule has 0 bridgehead atoms. The first-order valence-corrected chi connectivity index (χ1v) is 9.52. The van der Waals surface area contributed by atoms with Gasteiger partial charge in [0.15, 0.2) is 9.84 Å². The lowest BCUT2D eigenvalue weighted by atomic mass is 10.0. The quantitative estimate of drug-likeness (QED) is 0.917. The van der Waals surface area contributed by atoms with Gasteiger partial charge in [0.1, 0.15) is 0 Å². The molecule has 1 aromatic rings. The van der Waals surface area contributed by atoms with Crippen LogP contribution in [0.3, 0.4) is 0 Å². The fourth-order valence-corrected chi connectivity index (χ4v) is 3.62. The van der Waals surface area contributed by atoms with Crippen LogP contribution >= 0.6 is 0 Å². The Morgan fingerprint density at radius 2 is 2.00 bits per heavy atom. The lowest BCUT2D eigenvalue weighted by Gasteiger charge is -2.35. The predicted molar refractivity (Wildman–Crippen MR) is 87.8 cm³/mol. The second-order valence-corrected chi connectivity index (χ2v) is 8.17. The van der Waals surface area contributed by atoms with Gasteiger partial charge in [-0.2, -0.15) is 0 Å². The predicted octanol–water partition coefficient (Wildman–Crippen LogP) is 1.83. The minimum atomic E-state index is -3.27. The van der Waals surface area contributed by atoms with Gasteiger partial charge in [-0.1, -0.05) is 26.0 Å². The Hall–Kier alpha value is -1.56. The number of amides is 1. The lowest BCUT2D eigenvalue weighted by Crippen LogP contribution is -2.49. The number of carbonyl (C=O) groups excluding carboxylic acids is 1. The molecule has 0 aromatic heterocycles. The highest BCUT2D eigenvalue weighted by Gasteiger charge is 2.25. The molecule has 0 saturated carbocycles. The van der Waals surface area contributed by atoms with Crippen molar-refractivity contribution in [1.82, 2.24) is 5.32 Å². The number of anilines is 1. The van der Waals surface area contributed by atoms with Crippen LogP contribution in [0.25, 0.3) is 0 Å². The first-order valence-electron chi connectivity index (χ1n) is 7.63. The third-order valence-corrected chi connectivity index (χ3v) is 5.04. The van der Waals surface area contributed by atoms with Gasteiger partial charge < -0.3 is 10.2 Å². The third-order valence-electron chi connectivity index (χ3n) is 3.90. The van der Waals surface area contributed by atoms with Crippen LogP contribution in [0.4, 0.5) is 5.69 Å². The summed E-state index contributed by atoms with van der Waals surface area (Å²) in [4.78, 5) is 14.3. The molecular weight excluding hydrogens is 300 g/mol. The summed E-state index contributed by atoms with van der Waals surface area (Å²) in [5.41, 5.74) is 0.730. The number of hydrogen-bond donors (Lipinski definition) is 1. The summed E-state index contributed by atoms with van der Waals surface area (Å²) in [6.45, 7) is 5.19. The van der Waals surface area contributed by atoms with Gasteiger partial charge in [-0.05, 0) is 25.0 Å². The summed E-state index contributed by atoms with van der Waals surface area (Å²) in [6, 6.07) is 7.13. The molecule has 6 heteroatoms. The van der Waals surface area contributed by atoms with Crippen molar-refractivity contribution in [2.24, 2.45) is 5.92 Å². The maximum absolute atomic E-state index is 11.9. The molecule has 1 aliphatic rings. The van der Waals surface area contributed by atoms with Gasteiger partial charge in [0, 0.05) is 31.3 Å². The highest BCUT2D eigenvalue weighted by molar-refractivity contribution is 7.90. The van der Waals surface area contributed by atoms with Crippen molar-refractivity contribution in [3.05, 3.63) is 24.3 Å². The van der Waals surface area contributed by atoms with Crippen LogP contribution in [0.5, 0.6) is 0 Å². The van der Waals surface area contributed by atoms with Crippen molar-refractivity contribution in [1.29, 1.82) is 0 Å². The van der Waals surface area contributed by atoms with Crippen molar-refractivity contribution >= 4 is 21.4 Å². The van der Waals surface area contributed by atoms with Crippen molar-refractivity contribution in [3.63, 3.8) is 0 Å². The summed E-state index contributed by atoms with van der Waals surface area (Å²) in [5.74, 6) is 0.00179. The second-order valence-electron chi connectivity index (χ2n) is 6.19. The molecule has 5 nitrogen and oxygen atoms in total. The molecule has 1 aliphatic heterocycles. The molecule has 1 saturated heterocycles. The Kier molecular flexibility index (Phi) is 5.11. The van der Waals surface area contributed by atoms with Gasteiger partial charge >= 0.3 is 0 Å². The molecule has 1 fully saturated rings. The first kappa shape index (κ1) is 16.8. The van der Waals surface area contributed by atoms with Crippen LogP contribution in [0.1, 0.15) is 26.7 Å². The maximum atomic E-state index is 11.9. The number of hydrogen-bond acceptors (Lipinski definition) is 4. The topological polar surface area (TPSA) is 66.5 Å². The van der Waals surface area contributed by atoms with Crippen LogP contribution in [0.15, 0.2) is 29.2 Å². The number of nitrogens with zero attached hydrogens (tertiary/aromatic N) is 1. The molecule has 1 amide bonds. The van der Waals surface area contributed by atoms with Gasteiger partial charge in [0.25, 0.3) is 0 Å². The zero-order valence-electron chi connectivity index (χ0n) is 13.4. The van der Waals surface area contributed by atoms with Gasteiger partial charge in [-0.3, -0.25) is 4.79 Å². The minimum absolute atomic E-state index is 0.0429. The molecule has 2 rings (SSSR count). The van der Waals surface area contributed by atoms with E-state index in [4.69, 9.17) is 0 Å². The van der Waals surface area contributed by atoms with E-state index in [9.17, 15) is 13.2 Å². The average Bonchev–Trinajstić information content (AvgIpc) is 2.46. The SMILES string of the molecule is CC(C)C(=O)N[C@H]1CCCN(c2ccccc2S(C)(=O)=O)C1. The lowest BCUT2D eigenvalue weighted by molar-refractivity contribution is -0.124. The molecule has 1 aromatic carbocycles. The fourth-order valence-electron chi connectivity index (χ4n) is 2.71. The van der Waals surface area contributed by atoms with E-state index in [1.165, 1.54) is 6.26 Å². The average molecular weight is 324 g/mol. The second kappa shape index (κ2) is 6.69. The normalized spacial score (nSPS) is 19.3. The number of benzene rings is 1. The summed E-state index contributed by atoms with van der Waals surface area (Å²) in [5, 5.41) is 3.05. The van der Waals surface area contributed by atoms with E-state index in [2.05, 4.69) is 10.2 Å². The van der Waals surface area contributed by atoms with E-state index in [-0.39, 0.29) is 17.9 Å². The van der Waals surface area contributed by atoms with Gasteiger partial charge in [-0.15, -0.1) is 0 Å². The highest BCUT2D eigenvalue weighted by atomic mass is 32.2. The molecule has 0 unspecified atom stereocenters. The molecule has 22 heavy (non-hydrogen) atoms. The molecular formula is C16H24N2O3S. The number of sulfone groups is 1.